The van der Waals surface area contributed by atoms with Gasteiger partial charge in [0.15, 0.2) is 0 Å². The zero-order valence-electron chi connectivity index (χ0n) is 33.5. The van der Waals surface area contributed by atoms with Crippen molar-refractivity contribution in [1.82, 2.24) is 4.57 Å². The lowest BCUT2D eigenvalue weighted by atomic mass is 9.67. The van der Waals surface area contributed by atoms with Crippen LogP contribution < -0.4 is 4.90 Å². The Morgan fingerprint density at radius 3 is 1.69 bits per heavy atom. The number of nitrogens with zero attached hydrogens (tertiary/aromatic N) is 2. The number of rotatable bonds is 7. The Bertz CT molecular complexity index is 3360. The highest BCUT2D eigenvalue weighted by Gasteiger charge is 2.46. The van der Waals surface area contributed by atoms with E-state index in [1.54, 1.807) is 0 Å². The van der Waals surface area contributed by atoms with Crippen LogP contribution in [0.5, 0.6) is 0 Å². The number of hydrogen-bond donors (Lipinski definition) is 0. The molecule has 2 heteroatoms. The Morgan fingerprint density at radius 1 is 0.361 bits per heavy atom. The normalized spacial score (nSPS) is 12.7. The number of benzene rings is 10. The molecule has 1 aliphatic rings. The number of anilines is 3. The van der Waals surface area contributed by atoms with Gasteiger partial charge in [-0.2, -0.15) is 0 Å². The van der Waals surface area contributed by atoms with Gasteiger partial charge in [-0.25, -0.2) is 0 Å². The van der Waals surface area contributed by atoms with Crippen molar-refractivity contribution in [1.29, 1.82) is 0 Å². The molecule has 1 aliphatic carbocycles. The summed E-state index contributed by atoms with van der Waals surface area (Å²) < 4.78 is 2.46. The fourth-order valence-corrected chi connectivity index (χ4v) is 10.2. The van der Waals surface area contributed by atoms with Gasteiger partial charge in [0.25, 0.3) is 0 Å². The molecule has 12 rings (SSSR count). The molecule has 0 amide bonds. The second-order valence-electron chi connectivity index (χ2n) is 16.1. The topological polar surface area (TPSA) is 8.17 Å². The third-order valence-corrected chi connectivity index (χ3v) is 12.8. The van der Waals surface area contributed by atoms with Gasteiger partial charge in [0, 0.05) is 27.8 Å². The van der Waals surface area contributed by atoms with Crippen molar-refractivity contribution in [3.63, 3.8) is 0 Å². The van der Waals surface area contributed by atoms with Gasteiger partial charge >= 0.3 is 0 Å². The minimum Gasteiger partial charge on any atom is -0.308 e. The van der Waals surface area contributed by atoms with E-state index in [1.165, 1.54) is 71.6 Å². The average Bonchev–Trinajstić information content (AvgIpc) is 3.83. The molecule has 2 nitrogen and oxygen atoms in total. The first-order chi connectivity index (χ1) is 30.3. The molecular formula is C59H40N2. The Hall–Kier alpha value is -7.94. The Labute approximate surface area is 355 Å². The molecule has 61 heavy (non-hydrogen) atoms. The van der Waals surface area contributed by atoms with Gasteiger partial charge in [-0.1, -0.05) is 188 Å². The molecule has 1 aromatic heterocycles. The van der Waals surface area contributed by atoms with Gasteiger partial charge in [-0.15, -0.1) is 0 Å². The van der Waals surface area contributed by atoms with Crippen molar-refractivity contribution in [2.24, 2.45) is 0 Å². The van der Waals surface area contributed by atoms with Crippen LogP contribution in [-0.2, 0) is 5.41 Å². The zero-order chi connectivity index (χ0) is 40.3. The van der Waals surface area contributed by atoms with Gasteiger partial charge in [-0.05, 0) is 110 Å². The second-order valence-corrected chi connectivity index (χ2v) is 16.1. The maximum absolute atomic E-state index is 2.52. The molecule has 0 radical (unpaired) electrons. The highest BCUT2D eigenvalue weighted by Crippen LogP contribution is 2.57. The molecular weight excluding hydrogens is 737 g/mol. The molecule has 0 spiro atoms. The summed E-state index contributed by atoms with van der Waals surface area (Å²) >= 11 is 0. The number of fused-ring (bicyclic) bond motifs is 7. The first-order valence-corrected chi connectivity index (χ1v) is 21.1. The summed E-state index contributed by atoms with van der Waals surface area (Å²) in [6, 6.07) is 89.3. The Kier molecular flexibility index (Phi) is 8.11. The van der Waals surface area contributed by atoms with Crippen LogP contribution >= 0.6 is 0 Å². The summed E-state index contributed by atoms with van der Waals surface area (Å²) in [5.41, 5.74) is 16.1. The van der Waals surface area contributed by atoms with Crippen molar-refractivity contribution in [2.45, 2.75) is 5.41 Å². The van der Waals surface area contributed by atoms with E-state index in [1.807, 2.05) is 0 Å². The second kappa shape index (κ2) is 14.1. The van der Waals surface area contributed by atoms with Crippen LogP contribution in [0, 0.1) is 0 Å². The lowest BCUT2D eigenvalue weighted by Crippen LogP contribution is -2.28. The predicted molar refractivity (Wildman–Crippen MR) is 256 cm³/mol. The van der Waals surface area contributed by atoms with E-state index in [0.717, 1.165) is 28.3 Å². The maximum Gasteiger partial charge on any atom is 0.0782 e. The van der Waals surface area contributed by atoms with Crippen LogP contribution in [-0.4, -0.2) is 4.57 Å². The summed E-state index contributed by atoms with van der Waals surface area (Å²) in [6.07, 6.45) is 0. The van der Waals surface area contributed by atoms with Crippen LogP contribution in [0.3, 0.4) is 0 Å². The Balaban J connectivity index is 1.23. The number of aromatic nitrogens is 1. The average molecular weight is 777 g/mol. The molecule has 10 aromatic carbocycles. The van der Waals surface area contributed by atoms with Gasteiger partial charge < -0.3 is 9.47 Å². The van der Waals surface area contributed by atoms with Crippen LogP contribution in [0.25, 0.3) is 60.5 Å². The van der Waals surface area contributed by atoms with Crippen molar-refractivity contribution in [3.05, 3.63) is 265 Å². The third kappa shape index (κ3) is 5.43. The van der Waals surface area contributed by atoms with Crippen molar-refractivity contribution >= 4 is 49.6 Å². The molecule has 0 saturated carbocycles. The highest BCUT2D eigenvalue weighted by atomic mass is 15.2. The summed E-state index contributed by atoms with van der Waals surface area (Å²) in [5.74, 6) is 0. The van der Waals surface area contributed by atoms with Crippen molar-refractivity contribution in [3.8, 4) is 27.9 Å². The van der Waals surface area contributed by atoms with E-state index < -0.39 is 5.41 Å². The van der Waals surface area contributed by atoms with E-state index in [2.05, 4.69) is 252 Å². The molecule has 0 bridgehead atoms. The maximum atomic E-state index is 2.52. The summed E-state index contributed by atoms with van der Waals surface area (Å²) in [4.78, 5) is 2.52. The van der Waals surface area contributed by atoms with E-state index >= 15 is 0 Å². The summed E-state index contributed by atoms with van der Waals surface area (Å²) in [6.45, 7) is 0. The first-order valence-electron chi connectivity index (χ1n) is 21.1. The molecule has 0 atom stereocenters. The van der Waals surface area contributed by atoms with E-state index in [4.69, 9.17) is 0 Å². The van der Waals surface area contributed by atoms with Crippen molar-refractivity contribution in [2.75, 3.05) is 4.90 Å². The molecule has 286 valence electrons. The lowest BCUT2D eigenvalue weighted by Gasteiger charge is -2.35. The zero-order valence-corrected chi connectivity index (χ0v) is 33.5. The van der Waals surface area contributed by atoms with Gasteiger partial charge in [0.05, 0.1) is 22.1 Å². The van der Waals surface area contributed by atoms with Crippen molar-refractivity contribution < 1.29 is 0 Å². The molecule has 1 heterocycles. The minimum atomic E-state index is -0.542. The van der Waals surface area contributed by atoms with Crippen LogP contribution in [0.1, 0.15) is 22.3 Å². The van der Waals surface area contributed by atoms with E-state index in [0.29, 0.717) is 0 Å². The van der Waals surface area contributed by atoms with Crippen LogP contribution in [0.2, 0.25) is 0 Å². The van der Waals surface area contributed by atoms with E-state index in [9.17, 15) is 0 Å². The fraction of sp³-hybridized carbons (Fsp3) is 0.0169. The van der Waals surface area contributed by atoms with Crippen LogP contribution in [0.4, 0.5) is 17.1 Å². The fourth-order valence-electron chi connectivity index (χ4n) is 10.2. The SMILES string of the molecule is c1ccc(-c2cc(N(c3ccc4c(c3)C(c3ccccc3)(c3ccccc3)c3ccccc3-4)c3ccc4ccccc4c3)c3c(c2)c2ccccc2n3-c2ccccc2)cc1. The highest BCUT2D eigenvalue weighted by molar-refractivity contribution is 6.16. The molecule has 11 aromatic rings. The third-order valence-electron chi connectivity index (χ3n) is 12.8. The van der Waals surface area contributed by atoms with Crippen LogP contribution in [0.15, 0.2) is 243 Å². The Morgan fingerprint density at radius 2 is 0.934 bits per heavy atom. The minimum absolute atomic E-state index is 0.542. The monoisotopic (exact) mass is 776 g/mol. The molecule has 0 aliphatic heterocycles. The van der Waals surface area contributed by atoms with Gasteiger partial charge in [0.1, 0.15) is 0 Å². The molecule has 0 fully saturated rings. The molecule has 0 saturated heterocycles. The summed E-state index contributed by atoms with van der Waals surface area (Å²) in [7, 11) is 0. The largest absolute Gasteiger partial charge is 0.308 e. The summed E-state index contributed by atoms with van der Waals surface area (Å²) in [5, 5.41) is 4.83. The van der Waals surface area contributed by atoms with E-state index in [-0.39, 0.29) is 0 Å². The van der Waals surface area contributed by atoms with Gasteiger partial charge in [0.2, 0.25) is 0 Å². The predicted octanol–water partition coefficient (Wildman–Crippen LogP) is 15.4. The van der Waals surface area contributed by atoms with Gasteiger partial charge in [-0.3, -0.25) is 0 Å². The number of hydrogen-bond acceptors (Lipinski definition) is 1. The molecule has 0 N–H and O–H groups in total. The number of para-hydroxylation sites is 2. The molecule has 0 unspecified atom stereocenters. The first kappa shape index (κ1) is 35.0. The lowest BCUT2D eigenvalue weighted by molar-refractivity contribution is 0.768. The standard InChI is InChI=1S/C59H40N2/c1-5-19-41(20-6-1)44-38-53-52-30-16-18-32-56(52)61(47-27-11-4-12-28-47)58(53)57(39-44)60(48-34-33-42-21-13-14-22-43(42)37-48)49-35-36-51-50-29-15-17-31-54(50)59(55(51)40-49,45-23-7-2-8-24-45)46-25-9-3-10-26-46/h1-40H. The quantitative estimate of drug-likeness (QED) is 0.156. The smallest absolute Gasteiger partial charge is 0.0782 e.